The van der Waals surface area contributed by atoms with Crippen molar-refractivity contribution in [2.24, 2.45) is 0 Å². The summed E-state index contributed by atoms with van der Waals surface area (Å²) >= 11 is 0. The molecule has 0 saturated carbocycles. The highest BCUT2D eigenvalue weighted by Crippen LogP contribution is 2.29. The lowest BCUT2D eigenvalue weighted by Gasteiger charge is -2.26. The van der Waals surface area contributed by atoms with Crippen molar-refractivity contribution in [1.82, 2.24) is 10.5 Å². The second-order valence-corrected chi connectivity index (χ2v) is 7.23. The number of nitrogens with zero attached hydrogens (tertiary/aromatic N) is 1. The van der Waals surface area contributed by atoms with Crippen molar-refractivity contribution in [3.63, 3.8) is 0 Å². The van der Waals surface area contributed by atoms with Gasteiger partial charge in [0.25, 0.3) is 5.91 Å². The van der Waals surface area contributed by atoms with Gasteiger partial charge in [-0.25, -0.2) is 0 Å². The number of amides is 1. The molecule has 2 aromatic carbocycles. The first kappa shape index (κ1) is 18.3. The third-order valence-corrected chi connectivity index (χ3v) is 5.36. The van der Waals surface area contributed by atoms with Gasteiger partial charge >= 0.3 is 0 Å². The maximum absolute atomic E-state index is 12.7. The SMILES string of the molecule is Cc1noc(C)c1COc1ccc(C(=O)N[C@@H]2CCCc3ccccc32)cc1. The zero-order chi connectivity index (χ0) is 19.5. The fourth-order valence-corrected chi connectivity index (χ4v) is 3.71. The molecule has 5 heteroatoms. The standard InChI is InChI=1S/C23H24N2O3/c1-15-21(16(2)28-25-15)14-27-19-12-10-18(11-13-19)23(26)24-22-9-5-7-17-6-3-4-8-20(17)22/h3-4,6,8,10-13,22H,5,7,9,14H2,1-2H3,(H,24,26)/t22-/m1/s1. The first-order valence-corrected chi connectivity index (χ1v) is 9.65. The lowest BCUT2D eigenvalue weighted by molar-refractivity contribution is 0.0932. The van der Waals surface area contributed by atoms with Crippen molar-refractivity contribution in [2.45, 2.75) is 45.8 Å². The van der Waals surface area contributed by atoms with Crippen molar-refractivity contribution in [3.8, 4) is 5.75 Å². The molecule has 28 heavy (non-hydrogen) atoms. The smallest absolute Gasteiger partial charge is 0.251 e. The number of benzene rings is 2. The van der Waals surface area contributed by atoms with Gasteiger partial charge < -0.3 is 14.6 Å². The summed E-state index contributed by atoms with van der Waals surface area (Å²) in [6.45, 7) is 4.16. The molecule has 1 aliphatic rings. The van der Waals surface area contributed by atoms with Crippen molar-refractivity contribution < 1.29 is 14.1 Å². The Morgan fingerprint density at radius 3 is 2.71 bits per heavy atom. The number of rotatable bonds is 5. The second-order valence-electron chi connectivity index (χ2n) is 7.23. The number of nitrogens with one attached hydrogen (secondary N) is 1. The minimum atomic E-state index is -0.0565. The minimum absolute atomic E-state index is 0.0565. The van der Waals surface area contributed by atoms with E-state index in [9.17, 15) is 4.79 Å². The van der Waals surface area contributed by atoms with E-state index in [1.807, 2.05) is 32.0 Å². The van der Waals surface area contributed by atoms with Crippen LogP contribution in [0.1, 0.15) is 57.4 Å². The lowest BCUT2D eigenvalue weighted by Crippen LogP contribution is -2.30. The number of fused-ring (bicyclic) bond motifs is 1. The number of aryl methyl sites for hydroxylation is 3. The zero-order valence-electron chi connectivity index (χ0n) is 16.2. The molecule has 5 nitrogen and oxygen atoms in total. The summed E-state index contributed by atoms with van der Waals surface area (Å²) in [7, 11) is 0. The third-order valence-electron chi connectivity index (χ3n) is 5.36. The Morgan fingerprint density at radius 1 is 1.18 bits per heavy atom. The molecule has 1 atom stereocenters. The van der Waals surface area contributed by atoms with Crippen LogP contribution >= 0.6 is 0 Å². The highest BCUT2D eigenvalue weighted by molar-refractivity contribution is 5.94. The van der Waals surface area contributed by atoms with Gasteiger partial charge in [-0.05, 0) is 68.5 Å². The molecule has 1 heterocycles. The summed E-state index contributed by atoms with van der Waals surface area (Å²) in [6.07, 6.45) is 3.15. The Kier molecular flexibility index (Phi) is 5.15. The van der Waals surface area contributed by atoms with Crippen LogP contribution in [0.4, 0.5) is 0 Å². The van der Waals surface area contributed by atoms with Crippen LogP contribution in [-0.2, 0) is 13.0 Å². The molecular formula is C23H24N2O3. The maximum Gasteiger partial charge on any atom is 0.251 e. The van der Waals surface area contributed by atoms with Gasteiger partial charge in [0.15, 0.2) is 0 Å². The van der Waals surface area contributed by atoms with Crippen LogP contribution in [0.2, 0.25) is 0 Å². The molecule has 0 radical (unpaired) electrons. The van der Waals surface area contributed by atoms with E-state index in [0.717, 1.165) is 36.3 Å². The molecule has 1 amide bonds. The molecule has 1 aliphatic carbocycles. The Balaban J connectivity index is 1.39. The Labute approximate surface area is 164 Å². The number of hydrogen-bond acceptors (Lipinski definition) is 4. The third kappa shape index (κ3) is 3.79. The van der Waals surface area contributed by atoms with Crippen molar-refractivity contribution in [3.05, 3.63) is 82.2 Å². The van der Waals surface area contributed by atoms with E-state index in [4.69, 9.17) is 9.26 Å². The van der Waals surface area contributed by atoms with E-state index in [-0.39, 0.29) is 11.9 Å². The van der Waals surface area contributed by atoms with E-state index in [1.54, 1.807) is 12.1 Å². The van der Waals surface area contributed by atoms with Gasteiger partial charge in [0, 0.05) is 5.56 Å². The van der Waals surface area contributed by atoms with Crippen molar-refractivity contribution >= 4 is 5.91 Å². The van der Waals surface area contributed by atoms with E-state index in [2.05, 4.69) is 28.7 Å². The molecule has 4 rings (SSSR count). The van der Waals surface area contributed by atoms with Crippen LogP contribution in [-0.4, -0.2) is 11.1 Å². The molecule has 3 aromatic rings. The fraction of sp³-hybridized carbons (Fsp3) is 0.304. The Bertz CT molecular complexity index is 956. The first-order valence-electron chi connectivity index (χ1n) is 9.65. The molecule has 0 fully saturated rings. The average molecular weight is 376 g/mol. The van der Waals surface area contributed by atoms with E-state index in [1.165, 1.54) is 11.1 Å². The lowest BCUT2D eigenvalue weighted by atomic mass is 9.87. The average Bonchev–Trinajstić information content (AvgIpc) is 3.04. The van der Waals surface area contributed by atoms with Crippen LogP contribution in [0.5, 0.6) is 5.75 Å². The van der Waals surface area contributed by atoms with Gasteiger partial charge in [0.05, 0.1) is 17.3 Å². The summed E-state index contributed by atoms with van der Waals surface area (Å²) < 4.78 is 11.0. The number of ether oxygens (including phenoxy) is 1. The van der Waals surface area contributed by atoms with Gasteiger partial charge in [-0.15, -0.1) is 0 Å². The Hall–Kier alpha value is -3.08. The van der Waals surface area contributed by atoms with Gasteiger partial charge in [-0.2, -0.15) is 0 Å². The summed E-state index contributed by atoms with van der Waals surface area (Å²) in [5.74, 6) is 1.42. The molecule has 0 unspecified atom stereocenters. The zero-order valence-corrected chi connectivity index (χ0v) is 16.2. The maximum atomic E-state index is 12.7. The van der Waals surface area contributed by atoms with E-state index in [0.29, 0.717) is 17.9 Å². The first-order chi connectivity index (χ1) is 13.6. The monoisotopic (exact) mass is 376 g/mol. The second kappa shape index (κ2) is 7.89. The number of aromatic nitrogens is 1. The molecule has 0 bridgehead atoms. The minimum Gasteiger partial charge on any atom is -0.489 e. The summed E-state index contributed by atoms with van der Waals surface area (Å²) in [5.41, 5.74) is 5.00. The normalized spacial score (nSPS) is 15.7. The molecule has 0 aliphatic heterocycles. The largest absolute Gasteiger partial charge is 0.489 e. The van der Waals surface area contributed by atoms with Crippen LogP contribution < -0.4 is 10.1 Å². The number of carbonyl (C=O) groups is 1. The predicted octanol–water partition coefficient (Wildman–Crippen LogP) is 4.68. The van der Waals surface area contributed by atoms with Crippen LogP contribution in [0.15, 0.2) is 53.1 Å². The van der Waals surface area contributed by atoms with Crippen LogP contribution in [0.3, 0.4) is 0 Å². The highest BCUT2D eigenvalue weighted by Gasteiger charge is 2.21. The van der Waals surface area contributed by atoms with Gasteiger partial charge in [-0.3, -0.25) is 4.79 Å². The fourth-order valence-electron chi connectivity index (χ4n) is 3.71. The highest BCUT2D eigenvalue weighted by atomic mass is 16.5. The summed E-state index contributed by atoms with van der Waals surface area (Å²) in [5, 5.41) is 7.11. The van der Waals surface area contributed by atoms with E-state index < -0.39 is 0 Å². The van der Waals surface area contributed by atoms with Crippen LogP contribution in [0.25, 0.3) is 0 Å². The molecule has 0 saturated heterocycles. The predicted molar refractivity (Wildman–Crippen MR) is 106 cm³/mol. The van der Waals surface area contributed by atoms with Gasteiger partial charge in [0.1, 0.15) is 18.1 Å². The molecule has 0 spiro atoms. The Morgan fingerprint density at radius 2 is 1.96 bits per heavy atom. The summed E-state index contributed by atoms with van der Waals surface area (Å²) in [4.78, 5) is 12.7. The van der Waals surface area contributed by atoms with Crippen LogP contribution in [0, 0.1) is 13.8 Å². The van der Waals surface area contributed by atoms with Crippen molar-refractivity contribution in [1.29, 1.82) is 0 Å². The quantitative estimate of drug-likeness (QED) is 0.702. The molecule has 1 aromatic heterocycles. The van der Waals surface area contributed by atoms with Gasteiger partial charge in [-0.1, -0.05) is 29.4 Å². The number of carbonyl (C=O) groups excluding carboxylic acids is 1. The summed E-state index contributed by atoms with van der Waals surface area (Å²) in [6, 6.07) is 15.7. The topological polar surface area (TPSA) is 64.4 Å². The van der Waals surface area contributed by atoms with Gasteiger partial charge in [0.2, 0.25) is 0 Å². The number of hydrogen-bond donors (Lipinski definition) is 1. The molecular weight excluding hydrogens is 352 g/mol. The molecule has 144 valence electrons. The van der Waals surface area contributed by atoms with Crippen molar-refractivity contribution in [2.75, 3.05) is 0 Å². The van der Waals surface area contributed by atoms with E-state index >= 15 is 0 Å². The molecule has 1 N–H and O–H groups in total.